The highest BCUT2D eigenvalue weighted by Gasteiger charge is 2.49. The number of hydrogen-bond acceptors (Lipinski definition) is 3. The third-order valence-corrected chi connectivity index (χ3v) is 4.78. The number of nitrogens with one attached hydrogen (secondary N) is 1. The molecule has 2 aliphatic rings. The fourth-order valence-electron chi connectivity index (χ4n) is 3.36. The van der Waals surface area contributed by atoms with Gasteiger partial charge >= 0.3 is 0 Å². The summed E-state index contributed by atoms with van der Waals surface area (Å²) in [6, 6.07) is 7.32. The van der Waals surface area contributed by atoms with Crippen LogP contribution in [0.3, 0.4) is 0 Å². The lowest BCUT2D eigenvalue weighted by molar-refractivity contribution is -0.135. The van der Waals surface area contributed by atoms with E-state index >= 15 is 0 Å². The Kier molecular flexibility index (Phi) is 4.55. The van der Waals surface area contributed by atoms with Crippen molar-refractivity contribution in [2.45, 2.75) is 26.2 Å². The number of carbonyl (C=O) groups is 2. The van der Waals surface area contributed by atoms with Crippen molar-refractivity contribution in [3.63, 3.8) is 0 Å². The van der Waals surface area contributed by atoms with Crippen LogP contribution < -0.4 is 10.1 Å². The average molecular weight is 316 g/mol. The van der Waals surface area contributed by atoms with Crippen LogP contribution in [0.4, 0.5) is 5.69 Å². The minimum absolute atomic E-state index is 0.0853. The van der Waals surface area contributed by atoms with E-state index in [1.54, 1.807) is 13.2 Å². The molecule has 1 aliphatic heterocycles. The molecular formula is C18H24N2O3. The highest BCUT2D eigenvalue weighted by atomic mass is 16.5. The normalized spacial score (nSPS) is 26.5. The molecule has 23 heavy (non-hydrogen) atoms. The van der Waals surface area contributed by atoms with Gasteiger partial charge in [-0.1, -0.05) is 19.1 Å². The molecule has 1 saturated carbocycles. The molecule has 2 amide bonds. The van der Waals surface area contributed by atoms with Crippen molar-refractivity contribution in [1.29, 1.82) is 0 Å². The third kappa shape index (κ3) is 3.49. The fourth-order valence-corrected chi connectivity index (χ4v) is 3.36. The van der Waals surface area contributed by atoms with Crippen LogP contribution in [0.1, 0.15) is 26.2 Å². The van der Waals surface area contributed by atoms with Crippen molar-refractivity contribution in [1.82, 2.24) is 4.90 Å². The quantitative estimate of drug-likeness (QED) is 0.928. The molecule has 0 aromatic heterocycles. The molecule has 5 nitrogen and oxygen atoms in total. The minimum Gasteiger partial charge on any atom is -0.495 e. The summed E-state index contributed by atoms with van der Waals surface area (Å²) in [5, 5.41) is 2.89. The van der Waals surface area contributed by atoms with E-state index in [1.807, 2.05) is 23.1 Å². The van der Waals surface area contributed by atoms with Gasteiger partial charge in [0.25, 0.3) is 0 Å². The molecule has 1 aromatic carbocycles. The van der Waals surface area contributed by atoms with Gasteiger partial charge in [-0.05, 0) is 37.3 Å². The van der Waals surface area contributed by atoms with Gasteiger partial charge in [0.15, 0.2) is 0 Å². The van der Waals surface area contributed by atoms with Crippen LogP contribution in [0.5, 0.6) is 5.75 Å². The zero-order chi connectivity index (χ0) is 16.4. The molecular weight excluding hydrogens is 292 g/mol. The number of anilines is 1. The average Bonchev–Trinajstić information content (AvgIpc) is 3.35. The number of para-hydroxylation sites is 2. The molecule has 1 N–H and O–H groups in total. The number of likely N-dealkylation sites (tertiary alicyclic amines) is 1. The number of carbonyl (C=O) groups excluding carboxylic acids is 2. The number of benzene rings is 1. The molecule has 1 aliphatic carbocycles. The maximum Gasteiger partial charge on any atom is 0.228 e. The van der Waals surface area contributed by atoms with Crippen molar-refractivity contribution in [3.05, 3.63) is 24.3 Å². The Morgan fingerprint density at radius 3 is 2.78 bits per heavy atom. The number of piperidine rings is 1. The van der Waals surface area contributed by atoms with Crippen LogP contribution in [-0.4, -0.2) is 36.9 Å². The van der Waals surface area contributed by atoms with E-state index in [9.17, 15) is 9.59 Å². The molecule has 124 valence electrons. The Morgan fingerprint density at radius 2 is 2.04 bits per heavy atom. The molecule has 3 rings (SSSR count). The van der Waals surface area contributed by atoms with E-state index in [-0.39, 0.29) is 23.7 Å². The Bertz CT molecular complexity index is 602. The summed E-state index contributed by atoms with van der Waals surface area (Å²) in [4.78, 5) is 26.8. The Morgan fingerprint density at radius 1 is 1.26 bits per heavy atom. The van der Waals surface area contributed by atoms with Crippen molar-refractivity contribution >= 4 is 17.5 Å². The molecule has 1 aromatic rings. The first-order valence-corrected chi connectivity index (χ1v) is 8.33. The van der Waals surface area contributed by atoms with Gasteiger partial charge in [-0.3, -0.25) is 9.59 Å². The Labute approximate surface area is 137 Å². The van der Waals surface area contributed by atoms with E-state index < -0.39 is 0 Å². The van der Waals surface area contributed by atoms with Crippen molar-refractivity contribution < 1.29 is 14.3 Å². The van der Waals surface area contributed by atoms with Gasteiger partial charge in [0.05, 0.1) is 24.6 Å². The smallest absolute Gasteiger partial charge is 0.228 e. The Balaban J connectivity index is 1.57. The zero-order valence-corrected chi connectivity index (χ0v) is 13.7. The van der Waals surface area contributed by atoms with Crippen LogP contribution in [0.25, 0.3) is 0 Å². The maximum atomic E-state index is 12.5. The number of nitrogens with zero attached hydrogens (tertiary/aromatic N) is 1. The van der Waals surface area contributed by atoms with Gasteiger partial charge < -0.3 is 15.0 Å². The van der Waals surface area contributed by atoms with Gasteiger partial charge in [0.1, 0.15) is 5.75 Å². The number of methoxy groups -OCH3 is 1. The topological polar surface area (TPSA) is 58.6 Å². The van der Waals surface area contributed by atoms with E-state index in [0.29, 0.717) is 23.8 Å². The number of amides is 2. The molecule has 0 bridgehead atoms. The van der Waals surface area contributed by atoms with Crippen LogP contribution >= 0.6 is 0 Å². The van der Waals surface area contributed by atoms with E-state index in [0.717, 1.165) is 19.5 Å². The lowest BCUT2D eigenvalue weighted by atomic mass is 10.00. The van der Waals surface area contributed by atoms with Gasteiger partial charge in [-0.2, -0.15) is 0 Å². The number of ether oxygens (including phenoxy) is 1. The number of hydrogen-bond donors (Lipinski definition) is 1. The van der Waals surface area contributed by atoms with E-state index in [4.69, 9.17) is 4.74 Å². The molecule has 3 atom stereocenters. The summed E-state index contributed by atoms with van der Waals surface area (Å²) in [5.74, 6) is 0.913. The first kappa shape index (κ1) is 15.8. The van der Waals surface area contributed by atoms with Crippen molar-refractivity contribution in [2.24, 2.45) is 17.8 Å². The molecule has 0 spiro atoms. The van der Waals surface area contributed by atoms with E-state index in [1.165, 1.54) is 6.42 Å². The predicted molar refractivity (Wildman–Crippen MR) is 88.2 cm³/mol. The van der Waals surface area contributed by atoms with Gasteiger partial charge in [0.2, 0.25) is 11.8 Å². The number of rotatable bonds is 4. The van der Waals surface area contributed by atoms with Crippen LogP contribution in [-0.2, 0) is 9.59 Å². The second kappa shape index (κ2) is 6.60. The van der Waals surface area contributed by atoms with Crippen LogP contribution in [0.2, 0.25) is 0 Å². The standard InChI is InChI=1S/C18H24N2O3/c1-12-6-5-9-20(11-12)18(22)14-10-13(14)17(21)19-15-7-3-4-8-16(15)23-2/h3-4,7-8,12-14H,5-6,9-11H2,1-2H3,(H,19,21). The lowest BCUT2D eigenvalue weighted by Gasteiger charge is -2.31. The van der Waals surface area contributed by atoms with Crippen molar-refractivity contribution in [3.8, 4) is 5.75 Å². The summed E-state index contributed by atoms with van der Waals surface area (Å²) in [7, 11) is 1.58. The SMILES string of the molecule is COc1ccccc1NC(=O)C1CC1C(=O)N1CCCC(C)C1. The predicted octanol–water partition coefficient (Wildman–Crippen LogP) is 2.53. The molecule has 0 radical (unpaired) electrons. The van der Waals surface area contributed by atoms with Gasteiger partial charge in [-0.25, -0.2) is 0 Å². The van der Waals surface area contributed by atoms with Crippen LogP contribution in [0.15, 0.2) is 24.3 Å². The maximum absolute atomic E-state index is 12.5. The molecule has 1 saturated heterocycles. The summed E-state index contributed by atoms with van der Waals surface area (Å²) in [6.45, 7) is 3.84. The third-order valence-electron chi connectivity index (χ3n) is 4.78. The molecule has 1 heterocycles. The van der Waals surface area contributed by atoms with Gasteiger partial charge in [-0.15, -0.1) is 0 Å². The Hall–Kier alpha value is -2.04. The van der Waals surface area contributed by atoms with Gasteiger partial charge in [0, 0.05) is 13.1 Å². The lowest BCUT2D eigenvalue weighted by Crippen LogP contribution is -2.40. The van der Waals surface area contributed by atoms with Crippen molar-refractivity contribution in [2.75, 3.05) is 25.5 Å². The highest BCUT2D eigenvalue weighted by molar-refractivity contribution is 6.00. The molecule has 5 heteroatoms. The second-order valence-electron chi connectivity index (χ2n) is 6.67. The fraction of sp³-hybridized carbons (Fsp3) is 0.556. The van der Waals surface area contributed by atoms with Crippen LogP contribution in [0, 0.1) is 17.8 Å². The summed E-state index contributed by atoms with van der Waals surface area (Å²) < 4.78 is 5.24. The summed E-state index contributed by atoms with van der Waals surface area (Å²) in [6.07, 6.45) is 2.91. The monoisotopic (exact) mass is 316 g/mol. The summed E-state index contributed by atoms with van der Waals surface area (Å²) in [5.41, 5.74) is 0.657. The van der Waals surface area contributed by atoms with E-state index in [2.05, 4.69) is 12.2 Å². The minimum atomic E-state index is -0.204. The summed E-state index contributed by atoms with van der Waals surface area (Å²) >= 11 is 0. The molecule has 2 fully saturated rings. The highest BCUT2D eigenvalue weighted by Crippen LogP contribution is 2.42. The molecule has 3 unspecified atom stereocenters. The second-order valence-corrected chi connectivity index (χ2v) is 6.67. The first-order chi connectivity index (χ1) is 11.1. The first-order valence-electron chi connectivity index (χ1n) is 8.33. The zero-order valence-electron chi connectivity index (χ0n) is 13.7. The largest absolute Gasteiger partial charge is 0.495 e.